The highest BCUT2D eigenvalue weighted by atomic mass is 16.1. The van der Waals surface area contributed by atoms with Crippen molar-refractivity contribution in [3.63, 3.8) is 0 Å². The predicted octanol–water partition coefficient (Wildman–Crippen LogP) is 2.84. The summed E-state index contributed by atoms with van der Waals surface area (Å²) in [5.74, 6) is 4.41. The molecule has 24 heavy (non-hydrogen) atoms. The molecule has 0 aliphatic carbocycles. The van der Waals surface area contributed by atoms with Crippen molar-refractivity contribution in [3.05, 3.63) is 59.2 Å². The zero-order chi connectivity index (χ0) is 17.9. The Balaban J connectivity index is 0.000000648. The van der Waals surface area contributed by atoms with Crippen molar-refractivity contribution in [3.8, 4) is 0 Å². The molecule has 0 aliphatic rings. The fourth-order valence-corrected chi connectivity index (χ4v) is 2.65. The first-order valence-corrected chi connectivity index (χ1v) is 8.04. The third-order valence-corrected chi connectivity index (χ3v) is 3.89. The van der Waals surface area contributed by atoms with Crippen molar-refractivity contribution >= 4 is 17.8 Å². The quantitative estimate of drug-likeness (QED) is 0.330. The third kappa shape index (κ3) is 5.28. The Labute approximate surface area is 144 Å². The molecule has 0 unspecified atom stereocenters. The molecule has 0 atom stereocenters. The van der Waals surface area contributed by atoms with E-state index in [9.17, 15) is 0 Å². The fourth-order valence-electron chi connectivity index (χ4n) is 2.65. The maximum Gasteiger partial charge on any atom is 0.221 e. The minimum absolute atomic E-state index is 0.403. The molecule has 2 rings (SSSR count). The molecular formula is C19H28N4O. The van der Waals surface area contributed by atoms with E-state index in [1.807, 2.05) is 7.05 Å². The minimum Gasteiger partial charge on any atom is -0.386 e. The maximum atomic E-state index is 8.94. The second kappa shape index (κ2) is 10.3. The molecule has 1 amide bonds. The van der Waals surface area contributed by atoms with Gasteiger partial charge < -0.3 is 10.2 Å². The number of anilines is 2. The highest BCUT2D eigenvalue weighted by Crippen LogP contribution is 2.30. The minimum atomic E-state index is 0.403. The number of aryl methyl sites for hydroxylation is 2. The van der Waals surface area contributed by atoms with E-state index in [1.54, 1.807) is 5.43 Å². The molecule has 4 N–H and O–H groups in total. The van der Waals surface area contributed by atoms with Gasteiger partial charge in [-0.2, -0.15) is 0 Å². The number of nitrogens with zero attached hydrogens (tertiary/aromatic N) is 1. The first kappa shape index (κ1) is 19.5. The first-order chi connectivity index (χ1) is 11.6. The monoisotopic (exact) mass is 328 g/mol. The zero-order valence-electron chi connectivity index (χ0n) is 15.0. The number of amides is 1. The normalized spacial score (nSPS) is 9.54. The van der Waals surface area contributed by atoms with Gasteiger partial charge in [0.05, 0.1) is 11.4 Å². The Morgan fingerprint density at radius 1 is 1.12 bits per heavy atom. The molecular weight excluding hydrogens is 300 g/mol. The largest absolute Gasteiger partial charge is 0.386 e. The molecule has 130 valence electrons. The van der Waals surface area contributed by atoms with Crippen LogP contribution in [0.5, 0.6) is 0 Å². The van der Waals surface area contributed by atoms with Gasteiger partial charge in [-0.25, -0.2) is 5.84 Å². The van der Waals surface area contributed by atoms with Gasteiger partial charge in [-0.3, -0.25) is 10.2 Å². The fraction of sp³-hybridized carbons (Fsp3) is 0.316. The van der Waals surface area contributed by atoms with Crippen LogP contribution in [0.25, 0.3) is 0 Å². The van der Waals surface area contributed by atoms with Crippen LogP contribution in [0.2, 0.25) is 0 Å². The number of nitrogens with two attached hydrogens (primary N) is 1. The highest BCUT2D eigenvalue weighted by molar-refractivity contribution is 5.73. The molecule has 0 heterocycles. The lowest BCUT2D eigenvalue weighted by Crippen LogP contribution is -2.20. The Hall–Kier alpha value is -2.53. The number of carbonyl (C=O) groups excluding carboxylic acids is 1. The van der Waals surface area contributed by atoms with Crippen molar-refractivity contribution in [2.24, 2.45) is 5.84 Å². The Morgan fingerprint density at radius 2 is 1.75 bits per heavy atom. The molecule has 2 aromatic rings. The van der Waals surface area contributed by atoms with Gasteiger partial charge in [-0.15, -0.1) is 0 Å². The molecule has 5 heteroatoms. The van der Waals surface area contributed by atoms with E-state index in [4.69, 9.17) is 4.79 Å². The number of rotatable bonds is 6. The molecule has 0 fully saturated rings. The van der Waals surface area contributed by atoms with Gasteiger partial charge in [0.15, 0.2) is 0 Å². The van der Waals surface area contributed by atoms with Crippen molar-refractivity contribution in [2.75, 3.05) is 24.3 Å². The van der Waals surface area contributed by atoms with Crippen molar-refractivity contribution < 1.29 is 4.79 Å². The molecule has 0 spiro atoms. The van der Waals surface area contributed by atoms with E-state index in [0.29, 0.717) is 6.41 Å². The second-order valence-corrected chi connectivity index (χ2v) is 5.48. The van der Waals surface area contributed by atoms with Crippen LogP contribution in [0.1, 0.15) is 23.6 Å². The topological polar surface area (TPSA) is 70.4 Å². The van der Waals surface area contributed by atoms with Crippen LogP contribution in [0.4, 0.5) is 11.4 Å². The van der Waals surface area contributed by atoms with Gasteiger partial charge in [-0.05, 0) is 36.1 Å². The summed E-state index contributed by atoms with van der Waals surface area (Å²) in [7, 11) is 4.15. The summed E-state index contributed by atoms with van der Waals surface area (Å²) in [6.45, 7) is 5.31. The van der Waals surface area contributed by atoms with Crippen molar-refractivity contribution in [1.82, 2.24) is 5.43 Å². The van der Waals surface area contributed by atoms with Crippen molar-refractivity contribution in [2.45, 2.75) is 26.8 Å². The van der Waals surface area contributed by atoms with Crippen LogP contribution >= 0.6 is 0 Å². The average Bonchev–Trinajstić information content (AvgIpc) is 2.62. The molecule has 0 saturated carbocycles. The second-order valence-electron chi connectivity index (χ2n) is 5.48. The summed E-state index contributed by atoms with van der Waals surface area (Å²) in [4.78, 5) is 11.3. The first-order valence-electron chi connectivity index (χ1n) is 8.04. The number of hydrazine groups is 1. The van der Waals surface area contributed by atoms with Gasteiger partial charge in [0.2, 0.25) is 6.41 Å². The summed E-state index contributed by atoms with van der Waals surface area (Å²) in [6.07, 6.45) is 1.45. The number of benzene rings is 2. The standard InChI is InChI=1S/C18H24N2.CH4N2O/c1-5-15-11-8-12-17(19-3)18(15)20(4)13-16-10-7-6-9-14(16)2;2-3-1-4/h6-12,19H,5,13H2,1-4H3;1H,2H2,(H,3,4). The van der Waals surface area contributed by atoms with Crippen LogP contribution in [0, 0.1) is 6.92 Å². The van der Waals surface area contributed by atoms with E-state index < -0.39 is 0 Å². The summed E-state index contributed by atoms with van der Waals surface area (Å²) in [5.41, 5.74) is 8.36. The number of para-hydroxylation sites is 1. The Kier molecular flexibility index (Phi) is 8.36. The van der Waals surface area contributed by atoms with Gasteiger partial charge in [-0.1, -0.05) is 43.3 Å². The average molecular weight is 328 g/mol. The van der Waals surface area contributed by atoms with Gasteiger partial charge in [0, 0.05) is 20.6 Å². The van der Waals surface area contributed by atoms with E-state index in [1.165, 1.54) is 28.1 Å². The number of carbonyl (C=O) groups is 1. The van der Waals surface area contributed by atoms with Crippen LogP contribution < -0.4 is 21.5 Å². The molecule has 0 bridgehead atoms. The maximum absolute atomic E-state index is 8.94. The van der Waals surface area contributed by atoms with Crippen LogP contribution in [-0.4, -0.2) is 20.5 Å². The van der Waals surface area contributed by atoms with E-state index in [-0.39, 0.29) is 0 Å². The number of hydrogen-bond acceptors (Lipinski definition) is 4. The highest BCUT2D eigenvalue weighted by Gasteiger charge is 2.12. The molecule has 0 radical (unpaired) electrons. The SMILES string of the molecule is CCc1cccc(NC)c1N(C)Cc1ccccc1C.NNC=O. The number of nitrogens with one attached hydrogen (secondary N) is 2. The smallest absolute Gasteiger partial charge is 0.221 e. The van der Waals surface area contributed by atoms with Gasteiger partial charge >= 0.3 is 0 Å². The van der Waals surface area contributed by atoms with Crippen LogP contribution in [0.15, 0.2) is 42.5 Å². The van der Waals surface area contributed by atoms with Gasteiger partial charge in [0.25, 0.3) is 0 Å². The molecule has 0 aromatic heterocycles. The predicted molar refractivity (Wildman–Crippen MR) is 102 cm³/mol. The third-order valence-electron chi connectivity index (χ3n) is 3.89. The molecule has 0 aliphatic heterocycles. The summed E-state index contributed by atoms with van der Waals surface area (Å²) < 4.78 is 0. The van der Waals surface area contributed by atoms with E-state index >= 15 is 0 Å². The Morgan fingerprint density at radius 3 is 2.29 bits per heavy atom. The lowest BCUT2D eigenvalue weighted by atomic mass is 10.1. The lowest BCUT2D eigenvalue weighted by Gasteiger charge is -2.26. The molecule has 2 aromatic carbocycles. The number of hydrogen-bond donors (Lipinski definition) is 3. The molecule has 5 nitrogen and oxygen atoms in total. The van der Waals surface area contributed by atoms with Crippen molar-refractivity contribution in [1.29, 1.82) is 0 Å². The van der Waals surface area contributed by atoms with E-state index in [0.717, 1.165) is 13.0 Å². The van der Waals surface area contributed by atoms with Gasteiger partial charge in [0.1, 0.15) is 0 Å². The Bertz CT molecular complexity index is 621. The van der Waals surface area contributed by atoms with Crippen LogP contribution in [0.3, 0.4) is 0 Å². The lowest BCUT2D eigenvalue weighted by molar-refractivity contribution is -0.109. The zero-order valence-corrected chi connectivity index (χ0v) is 15.0. The summed E-state index contributed by atoms with van der Waals surface area (Å²) >= 11 is 0. The summed E-state index contributed by atoms with van der Waals surface area (Å²) in [5, 5.41) is 3.31. The molecule has 0 saturated heterocycles. The van der Waals surface area contributed by atoms with E-state index in [2.05, 4.69) is 79.4 Å². The van der Waals surface area contributed by atoms with Crippen LogP contribution in [-0.2, 0) is 17.8 Å². The summed E-state index contributed by atoms with van der Waals surface area (Å²) in [6, 6.07) is 15.1.